The van der Waals surface area contributed by atoms with E-state index in [1.54, 1.807) is 0 Å². The van der Waals surface area contributed by atoms with Crippen LogP contribution >= 0.6 is 15.9 Å². The average Bonchev–Trinajstić information content (AvgIpc) is 2.28. The number of hydrogen-bond donors (Lipinski definition) is 2. The summed E-state index contributed by atoms with van der Waals surface area (Å²) >= 11 is 3.42. The van der Waals surface area contributed by atoms with Crippen molar-refractivity contribution in [2.75, 3.05) is 6.54 Å². The molecule has 2 atom stereocenters. The fourth-order valence-corrected chi connectivity index (χ4v) is 1.98. The zero-order valence-corrected chi connectivity index (χ0v) is 11.8. The van der Waals surface area contributed by atoms with Crippen LogP contribution in [-0.4, -0.2) is 12.5 Å². The normalized spacial score (nSPS) is 14.1. The van der Waals surface area contributed by atoms with E-state index in [2.05, 4.69) is 21.2 Å². The number of nitrogens with two attached hydrogens (primary N) is 1. The maximum Gasteiger partial charge on any atom is 0.220 e. The highest BCUT2D eigenvalue weighted by Crippen LogP contribution is 2.18. The molecule has 4 heteroatoms. The van der Waals surface area contributed by atoms with Crippen LogP contribution in [0.4, 0.5) is 0 Å². The topological polar surface area (TPSA) is 55.1 Å². The molecule has 0 fully saturated rings. The van der Waals surface area contributed by atoms with Crippen molar-refractivity contribution in [3.63, 3.8) is 0 Å². The van der Waals surface area contributed by atoms with Gasteiger partial charge in [-0.1, -0.05) is 35.0 Å². The van der Waals surface area contributed by atoms with Crippen LogP contribution in [0.2, 0.25) is 0 Å². The van der Waals surface area contributed by atoms with Crippen LogP contribution in [0.3, 0.4) is 0 Å². The lowest BCUT2D eigenvalue weighted by molar-refractivity contribution is -0.122. The Morgan fingerprint density at radius 3 is 2.76 bits per heavy atom. The van der Waals surface area contributed by atoms with Gasteiger partial charge >= 0.3 is 0 Å². The van der Waals surface area contributed by atoms with Gasteiger partial charge in [-0.2, -0.15) is 0 Å². The molecule has 1 aromatic rings. The highest BCUT2D eigenvalue weighted by molar-refractivity contribution is 9.10. The highest BCUT2D eigenvalue weighted by Gasteiger charge is 2.12. The molecule has 1 aromatic carbocycles. The number of halogens is 1. The van der Waals surface area contributed by atoms with Gasteiger partial charge in [-0.05, 0) is 37.1 Å². The second-order valence-electron chi connectivity index (χ2n) is 4.39. The summed E-state index contributed by atoms with van der Waals surface area (Å²) < 4.78 is 1.02. The lowest BCUT2D eigenvalue weighted by Gasteiger charge is -2.16. The zero-order chi connectivity index (χ0) is 12.8. The Hall–Kier alpha value is -0.870. The molecule has 3 N–H and O–H groups in total. The third-order valence-electron chi connectivity index (χ3n) is 2.66. The average molecular weight is 299 g/mol. The van der Waals surface area contributed by atoms with E-state index in [4.69, 9.17) is 5.73 Å². The van der Waals surface area contributed by atoms with E-state index >= 15 is 0 Å². The van der Waals surface area contributed by atoms with Crippen molar-refractivity contribution in [3.05, 3.63) is 34.3 Å². The first kappa shape index (κ1) is 14.2. The summed E-state index contributed by atoms with van der Waals surface area (Å²) in [6.07, 6.45) is 0.481. The zero-order valence-electron chi connectivity index (χ0n) is 10.2. The molecule has 0 aliphatic carbocycles. The summed E-state index contributed by atoms with van der Waals surface area (Å²) in [6.45, 7) is 4.49. The van der Waals surface area contributed by atoms with Crippen LogP contribution in [0.5, 0.6) is 0 Å². The Morgan fingerprint density at radius 2 is 2.18 bits per heavy atom. The Kier molecular flexibility index (Phi) is 5.65. The number of benzene rings is 1. The van der Waals surface area contributed by atoms with Gasteiger partial charge in [0, 0.05) is 10.9 Å². The quantitative estimate of drug-likeness (QED) is 0.878. The van der Waals surface area contributed by atoms with E-state index in [9.17, 15) is 4.79 Å². The molecule has 0 spiro atoms. The molecular weight excluding hydrogens is 280 g/mol. The summed E-state index contributed by atoms with van der Waals surface area (Å²) in [5.74, 6) is 0.278. The molecule has 17 heavy (non-hydrogen) atoms. The van der Waals surface area contributed by atoms with E-state index in [1.165, 1.54) is 0 Å². The number of rotatable bonds is 5. The van der Waals surface area contributed by atoms with Crippen LogP contribution in [-0.2, 0) is 4.79 Å². The van der Waals surface area contributed by atoms with Crippen molar-refractivity contribution in [1.29, 1.82) is 0 Å². The Balaban J connectivity index is 2.54. The van der Waals surface area contributed by atoms with Crippen molar-refractivity contribution >= 4 is 21.8 Å². The molecule has 0 aliphatic heterocycles. The Labute approximate surface area is 111 Å². The van der Waals surface area contributed by atoms with Gasteiger partial charge in [-0.15, -0.1) is 0 Å². The van der Waals surface area contributed by atoms with Crippen LogP contribution in [0.15, 0.2) is 28.7 Å². The summed E-state index contributed by atoms with van der Waals surface area (Å²) in [5, 5.41) is 2.97. The summed E-state index contributed by atoms with van der Waals surface area (Å²) in [7, 11) is 0. The third kappa shape index (κ3) is 4.88. The van der Waals surface area contributed by atoms with Crippen molar-refractivity contribution in [2.45, 2.75) is 26.3 Å². The van der Waals surface area contributed by atoms with Gasteiger partial charge in [0.2, 0.25) is 5.91 Å². The Morgan fingerprint density at radius 1 is 1.47 bits per heavy atom. The second kappa shape index (κ2) is 6.77. The van der Waals surface area contributed by atoms with Crippen LogP contribution in [0.1, 0.15) is 31.9 Å². The summed E-state index contributed by atoms with van der Waals surface area (Å²) in [4.78, 5) is 11.7. The fourth-order valence-electron chi connectivity index (χ4n) is 1.56. The predicted octanol–water partition coefficient (Wildman–Crippen LogP) is 2.61. The van der Waals surface area contributed by atoms with E-state index in [1.807, 2.05) is 38.1 Å². The predicted molar refractivity (Wildman–Crippen MR) is 73.5 cm³/mol. The minimum absolute atomic E-state index is 0.0185. The van der Waals surface area contributed by atoms with E-state index in [0.29, 0.717) is 13.0 Å². The molecule has 0 saturated carbocycles. The Bertz CT molecular complexity index is 381. The molecule has 0 saturated heterocycles. The molecule has 1 rings (SSSR count). The first-order chi connectivity index (χ1) is 8.02. The summed E-state index contributed by atoms with van der Waals surface area (Å²) in [5.41, 5.74) is 6.59. The molecule has 1 amide bonds. The first-order valence-corrected chi connectivity index (χ1v) is 6.57. The minimum Gasteiger partial charge on any atom is -0.350 e. The molecule has 1 unspecified atom stereocenters. The van der Waals surface area contributed by atoms with Crippen LogP contribution in [0, 0.1) is 5.92 Å². The molecule has 0 aliphatic rings. The lowest BCUT2D eigenvalue weighted by Crippen LogP contribution is -2.29. The van der Waals surface area contributed by atoms with Crippen LogP contribution < -0.4 is 11.1 Å². The van der Waals surface area contributed by atoms with Gasteiger partial charge in [-0.3, -0.25) is 4.79 Å². The fraction of sp³-hybridized carbons (Fsp3) is 0.462. The minimum atomic E-state index is 0.0185. The second-order valence-corrected chi connectivity index (χ2v) is 5.30. The maximum absolute atomic E-state index is 11.7. The number of carbonyl (C=O) groups is 1. The van der Waals surface area contributed by atoms with Gasteiger partial charge in [0.15, 0.2) is 0 Å². The highest BCUT2D eigenvalue weighted by atomic mass is 79.9. The lowest BCUT2D eigenvalue weighted by atomic mass is 10.1. The SMILES string of the molecule is CC(CN)CC(=O)N[C@H](C)c1cccc(Br)c1. The van der Waals surface area contributed by atoms with Crippen molar-refractivity contribution in [2.24, 2.45) is 11.7 Å². The molecule has 0 heterocycles. The van der Waals surface area contributed by atoms with E-state index in [0.717, 1.165) is 10.0 Å². The molecular formula is C13H19BrN2O. The largest absolute Gasteiger partial charge is 0.350 e. The summed E-state index contributed by atoms with van der Waals surface area (Å²) in [6, 6.07) is 7.96. The monoisotopic (exact) mass is 298 g/mol. The van der Waals surface area contributed by atoms with Crippen molar-refractivity contribution in [3.8, 4) is 0 Å². The molecule has 0 bridgehead atoms. The van der Waals surface area contributed by atoms with Gasteiger partial charge in [-0.25, -0.2) is 0 Å². The van der Waals surface area contributed by atoms with Crippen molar-refractivity contribution < 1.29 is 4.79 Å². The van der Waals surface area contributed by atoms with Crippen LogP contribution in [0.25, 0.3) is 0 Å². The smallest absolute Gasteiger partial charge is 0.220 e. The standard InChI is InChI=1S/C13H19BrN2O/c1-9(8-15)6-13(17)16-10(2)11-4-3-5-12(14)7-11/h3-5,7,9-10H,6,8,15H2,1-2H3,(H,16,17)/t9?,10-/m1/s1. The van der Waals surface area contributed by atoms with E-state index in [-0.39, 0.29) is 17.9 Å². The third-order valence-corrected chi connectivity index (χ3v) is 3.16. The molecule has 0 aromatic heterocycles. The maximum atomic E-state index is 11.7. The molecule has 0 radical (unpaired) electrons. The van der Waals surface area contributed by atoms with Gasteiger partial charge in [0.05, 0.1) is 6.04 Å². The number of hydrogen-bond acceptors (Lipinski definition) is 2. The first-order valence-electron chi connectivity index (χ1n) is 5.77. The van der Waals surface area contributed by atoms with Crippen molar-refractivity contribution in [1.82, 2.24) is 5.32 Å². The number of carbonyl (C=O) groups excluding carboxylic acids is 1. The van der Waals surface area contributed by atoms with Gasteiger partial charge < -0.3 is 11.1 Å². The van der Waals surface area contributed by atoms with Gasteiger partial charge in [0.25, 0.3) is 0 Å². The van der Waals surface area contributed by atoms with Gasteiger partial charge in [0.1, 0.15) is 0 Å². The molecule has 94 valence electrons. The number of amides is 1. The number of nitrogens with one attached hydrogen (secondary N) is 1. The van der Waals surface area contributed by atoms with E-state index < -0.39 is 0 Å². The molecule has 3 nitrogen and oxygen atoms in total.